The summed E-state index contributed by atoms with van der Waals surface area (Å²) in [7, 11) is 0. The standard InChI is InChI=1S/C12H18N2O2/c1-8(2)14-7-13-6-11(14)12(16)9(3)5-10(4)15/h6-9H,5H2,1-4H3. The summed E-state index contributed by atoms with van der Waals surface area (Å²) in [4.78, 5) is 27.0. The Kier molecular flexibility index (Phi) is 3.99. The van der Waals surface area contributed by atoms with Crippen molar-refractivity contribution in [2.75, 3.05) is 0 Å². The van der Waals surface area contributed by atoms with E-state index in [0.29, 0.717) is 12.1 Å². The van der Waals surface area contributed by atoms with Crippen LogP contribution in [-0.2, 0) is 4.79 Å². The van der Waals surface area contributed by atoms with Gasteiger partial charge in [-0.25, -0.2) is 4.98 Å². The number of hydrogen-bond acceptors (Lipinski definition) is 3. The molecule has 0 aromatic carbocycles. The predicted molar refractivity (Wildman–Crippen MR) is 61.4 cm³/mol. The molecule has 16 heavy (non-hydrogen) atoms. The normalized spacial score (nSPS) is 12.8. The van der Waals surface area contributed by atoms with Crippen molar-refractivity contribution in [1.29, 1.82) is 0 Å². The Bertz CT molecular complexity index is 393. The lowest BCUT2D eigenvalue weighted by molar-refractivity contribution is -0.117. The lowest BCUT2D eigenvalue weighted by Crippen LogP contribution is -2.18. The number of carbonyl (C=O) groups is 2. The van der Waals surface area contributed by atoms with Gasteiger partial charge in [-0.3, -0.25) is 4.79 Å². The molecule has 1 rings (SSSR count). The minimum Gasteiger partial charge on any atom is -0.326 e. The highest BCUT2D eigenvalue weighted by Crippen LogP contribution is 2.15. The van der Waals surface area contributed by atoms with Crippen LogP contribution in [0.4, 0.5) is 0 Å². The Labute approximate surface area is 95.7 Å². The Morgan fingerprint density at radius 1 is 1.38 bits per heavy atom. The fraction of sp³-hybridized carbons (Fsp3) is 0.583. The van der Waals surface area contributed by atoms with Gasteiger partial charge < -0.3 is 9.36 Å². The summed E-state index contributed by atoms with van der Waals surface area (Å²) < 4.78 is 1.83. The van der Waals surface area contributed by atoms with E-state index in [-0.39, 0.29) is 23.5 Å². The highest BCUT2D eigenvalue weighted by Gasteiger charge is 2.20. The minimum absolute atomic E-state index is 0.0126. The zero-order valence-electron chi connectivity index (χ0n) is 10.2. The molecule has 0 aliphatic heterocycles. The zero-order valence-corrected chi connectivity index (χ0v) is 10.2. The summed E-state index contributed by atoms with van der Waals surface area (Å²) in [5.41, 5.74) is 0.587. The van der Waals surface area contributed by atoms with E-state index >= 15 is 0 Å². The molecule has 1 heterocycles. The van der Waals surface area contributed by atoms with Crippen molar-refractivity contribution in [3.63, 3.8) is 0 Å². The van der Waals surface area contributed by atoms with Gasteiger partial charge in [-0.1, -0.05) is 6.92 Å². The summed E-state index contributed by atoms with van der Waals surface area (Å²) in [5, 5.41) is 0. The second-order valence-electron chi connectivity index (χ2n) is 4.45. The first-order valence-corrected chi connectivity index (χ1v) is 5.49. The maximum absolute atomic E-state index is 12.1. The first kappa shape index (κ1) is 12.6. The zero-order chi connectivity index (χ0) is 12.3. The Morgan fingerprint density at radius 3 is 2.50 bits per heavy atom. The summed E-state index contributed by atoms with van der Waals surface area (Å²) in [6.45, 7) is 7.27. The van der Waals surface area contributed by atoms with Crippen molar-refractivity contribution in [3.05, 3.63) is 18.2 Å². The van der Waals surface area contributed by atoms with Gasteiger partial charge in [-0.15, -0.1) is 0 Å². The van der Waals surface area contributed by atoms with Gasteiger partial charge in [0.1, 0.15) is 11.5 Å². The maximum Gasteiger partial charge on any atom is 0.184 e. The fourth-order valence-electron chi connectivity index (χ4n) is 1.68. The lowest BCUT2D eigenvalue weighted by Gasteiger charge is -2.13. The van der Waals surface area contributed by atoms with Gasteiger partial charge in [0.05, 0.1) is 12.5 Å². The van der Waals surface area contributed by atoms with Crippen LogP contribution < -0.4 is 0 Å². The molecule has 0 aliphatic carbocycles. The largest absolute Gasteiger partial charge is 0.326 e. The molecular formula is C12H18N2O2. The van der Waals surface area contributed by atoms with E-state index in [2.05, 4.69) is 4.98 Å². The number of imidazole rings is 1. The molecule has 0 fully saturated rings. The third-order valence-electron chi connectivity index (χ3n) is 2.52. The van der Waals surface area contributed by atoms with Crippen molar-refractivity contribution in [3.8, 4) is 0 Å². The van der Waals surface area contributed by atoms with Gasteiger partial charge in [0, 0.05) is 18.4 Å². The molecule has 4 heteroatoms. The van der Waals surface area contributed by atoms with Crippen LogP contribution in [0.15, 0.2) is 12.5 Å². The summed E-state index contributed by atoms with van der Waals surface area (Å²) in [6, 6.07) is 0.200. The van der Waals surface area contributed by atoms with Crippen LogP contribution in [-0.4, -0.2) is 21.1 Å². The summed E-state index contributed by atoms with van der Waals surface area (Å²) in [5.74, 6) is -0.246. The number of hydrogen-bond donors (Lipinski definition) is 0. The topological polar surface area (TPSA) is 52.0 Å². The Hall–Kier alpha value is -1.45. The molecular weight excluding hydrogens is 204 g/mol. The van der Waals surface area contributed by atoms with Gasteiger partial charge in [0.25, 0.3) is 0 Å². The van der Waals surface area contributed by atoms with Gasteiger partial charge in [-0.05, 0) is 20.8 Å². The van der Waals surface area contributed by atoms with E-state index in [1.807, 2.05) is 18.4 Å². The average Bonchev–Trinajstić information content (AvgIpc) is 2.63. The second-order valence-corrected chi connectivity index (χ2v) is 4.45. The van der Waals surface area contributed by atoms with E-state index < -0.39 is 0 Å². The van der Waals surface area contributed by atoms with E-state index in [4.69, 9.17) is 0 Å². The van der Waals surface area contributed by atoms with Crippen molar-refractivity contribution >= 4 is 11.6 Å². The van der Waals surface area contributed by atoms with Crippen LogP contribution >= 0.6 is 0 Å². The van der Waals surface area contributed by atoms with Crippen molar-refractivity contribution in [2.45, 2.75) is 40.2 Å². The molecule has 4 nitrogen and oxygen atoms in total. The van der Waals surface area contributed by atoms with E-state index in [9.17, 15) is 9.59 Å². The van der Waals surface area contributed by atoms with Gasteiger partial charge in [-0.2, -0.15) is 0 Å². The predicted octanol–water partition coefficient (Wildman–Crippen LogP) is 2.26. The number of Topliss-reactive ketones (excluding diaryl/α,β-unsaturated/α-hetero) is 2. The molecule has 0 aliphatic rings. The first-order chi connectivity index (χ1) is 7.43. The van der Waals surface area contributed by atoms with Crippen molar-refractivity contribution in [1.82, 2.24) is 9.55 Å². The number of ketones is 2. The van der Waals surface area contributed by atoms with Crippen molar-refractivity contribution < 1.29 is 9.59 Å². The Morgan fingerprint density at radius 2 is 2.00 bits per heavy atom. The molecule has 0 saturated heterocycles. The molecule has 0 N–H and O–H groups in total. The molecule has 0 radical (unpaired) electrons. The summed E-state index contributed by atoms with van der Waals surface area (Å²) in [6.07, 6.45) is 3.51. The van der Waals surface area contributed by atoms with Gasteiger partial charge >= 0.3 is 0 Å². The molecule has 1 atom stereocenters. The van der Waals surface area contributed by atoms with E-state index in [1.165, 1.54) is 6.92 Å². The smallest absolute Gasteiger partial charge is 0.184 e. The molecule has 0 amide bonds. The van der Waals surface area contributed by atoms with Crippen molar-refractivity contribution in [2.24, 2.45) is 5.92 Å². The number of aromatic nitrogens is 2. The SMILES string of the molecule is CC(=O)CC(C)C(=O)c1cncn1C(C)C. The minimum atomic E-state index is -0.272. The van der Waals surface area contributed by atoms with Gasteiger partial charge in [0.2, 0.25) is 0 Å². The monoisotopic (exact) mass is 222 g/mol. The average molecular weight is 222 g/mol. The van der Waals surface area contributed by atoms with Crippen LogP contribution in [0.1, 0.15) is 50.6 Å². The molecule has 1 aromatic heterocycles. The number of nitrogens with zero attached hydrogens (tertiary/aromatic N) is 2. The van der Waals surface area contributed by atoms with Crippen LogP contribution in [0.2, 0.25) is 0 Å². The van der Waals surface area contributed by atoms with E-state index in [1.54, 1.807) is 19.4 Å². The highest BCUT2D eigenvalue weighted by atomic mass is 16.1. The molecule has 0 bridgehead atoms. The lowest BCUT2D eigenvalue weighted by atomic mass is 9.98. The van der Waals surface area contributed by atoms with Crippen LogP contribution in [0.3, 0.4) is 0 Å². The highest BCUT2D eigenvalue weighted by molar-refractivity contribution is 5.98. The Balaban J connectivity index is 2.87. The quantitative estimate of drug-likeness (QED) is 0.718. The molecule has 0 saturated carbocycles. The third kappa shape index (κ3) is 2.78. The molecule has 88 valence electrons. The van der Waals surface area contributed by atoms with E-state index in [0.717, 1.165) is 0 Å². The molecule has 0 spiro atoms. The number of rotatable bonds is 5. The number of carbonyl (C=O) groups excluding carboxylic acids is 2. The third-order valence-corrected chi connectivity index (χ3v) is 2.52. The van der Waals surface area contributed by atoms with Crippen LogP contribution in [0.5, 0.6) is 0 Å². The van der Waals surface area contributed by atoms with Crippen LogP contribution in [0, 0.1) is 5.92 Å². The first-order valence-electron chi connectivity index (χ1n) is 5.49. The molecule has 1 unspecified atom stereocenters. The van der Waals surface area contributed by atoms with Crippen LogP contribution in [0.25, 0.3) is 0 Å². The maximum atomic E-state index is 12.1. The van der Waals surface area contributed by atoms with Gasteiger partial charge in [0.15, 0.2) is 5.78 Å². The fourth-order valence-corrected chi connectivity index (χ4v) is 1.68. The summed E-state index contributed by atoms with van der Waals surface area (Å²) >= 11 is 0. The molecule has 1 aromatic rings. The second kappa shape index (κ2) is 5.05.